The van der Waals surface area contributed by atoms with Crippen molar-refractivity contribution in [2.75, 3.05) is 0 Å². The Kier molecular flexibility index (Phi) is 0.985. The monoisotopic (exact) mass is 132 g/mol. The number of rotatable bonds is 0. The normalized spacial score (nSPS) is 35.9. The maximum atomic E-state index is 12.4. The van der Waals surface area contributed by atoms with Gasteiger partial charge in [0.2, 0.25) is 6.15 Å². The average Bonchev–Trinajstić information content (AvgIpc) is 1.81. The highest BCUT2D eigenvalue weighted by atomic mass is 19.1. The van der Waals surface area contributed by atoms with Crippen LogP contribution < -0.4 is 5.32 Å². The Morgan fingerprint density at radius 1 is 1.89 bits per heavy atom. The molecule has 0 bridgehead atoms. The third-order valence-electron chi connectivity index (χ3n) is 0.733. The first-order chi connectivity index (χ1) is 4.52. The lowest BCUT2D eigenvalue weighted by atomic mass is 10.4. The predicted octanol–water partition coefficient (Wildman–Crippen LogP) is -0.355. The van der Waals surface area contributed by atoms with E-state index < -0.39 is 18.1 Å². The van der Waals surface area contributed by atoms with E-state index in [1.54, 1.807) is 0 Å². The summed E-state index contributed by atoms with van der Waals surface area (Å²) in [4.78, 5) is 23.4. The van der Waals surface area contributed by atoms with Crippen LogP contribution in [-0.4, -0.2) is 24.3 Å². The number of nitrogens with zero attached hydrogens (tertiary/aromatic N) is 1. The lowest BCUT2D eigenvalue weighted by Gasteiger charge is -2.05. The summed E-state index contributed by atoms with van der Waals surface area (Å²) in [6.45, 7) is 0. The molecule has 1 heterocycles. The van der Waals surface area contributed by atoms with Crippen molar-refractivity contribution in [3.63, 3.8) is 0 Å². The van der Waals surface area contributed by atoms with Crippen LogP contribution in [0.25, 0.3) is 0 Å². The lowest BCUT2D eigenvalue weighted by Crippen LogP contribution is -2.39. The SMILES string of the molecule is [3H]C1(F)C=NC(=O)NC1=O. The minimum Gasteiger partial charge on any atom is -0.273 e. The average molecular weight is 132 g/mol. The minimum atomic E-state index is -2.89. The molecule has 0 aromatic heterocycles. The molecule has 3 amide bonds. The summed E-state index contributed by atoms with van der Waals surface area (Å²) in [7, 11) is 0. The molecular formula is C4H3FN2O2. The highest BCUT2D eigenvalue weighted by Crippen LogP contribution is 1.92. The van der Waals surface area contributed by atoms with E-state index in [1.807, 2.05) is 0 Å². The van der Waals surface area contributed by atoms with Gasteiger partial charge in [0, 0.05) is 0 Å². The van der Waals surface area contributed by atoms with Crippen LogP contribution in [0.2, 0.25) is 0 Å². The van der Waals surface area contributed by atoms with Gasteiger partial charge < -0.3 is 0 Å². The lowest BCUT2D eigenvalue weighted by molar-refractivity contribution is -0.122. The smallest absolute Gasteiger partial charge is 0.273 e. The third kappa shape index (κ3) is 1.10. The van der Waals surface area contributed by atoms with Crippen LogP contribution in [0.5, 0.6) is 0 Å². The molecule has 0 aromatic rings. The van der Waals surface area contributed by atoms with Gasteiger partial charge in [-0.2, -0.15) is 0 Å². The Balaban J connectivity index is 2.93. The first-order valence-electron chi connectivity index (χ1n) is 2.62. The number of amides is 3. The Morgan fingerprint density at radius 3 is 3.00 bits per heavy atom. The van der Waals surface area contributed by atoms with Gasteiger partial charge in [-0.1, -0.05) is 0 Å². The molecule has 4 nitrogen and oxygen atoms in total. The van der Waals surface area contributed by atoms with Gasteiger partial charge in [0.15, 0.2) is 0 Å². The van der Waals surface area contributed by atoms with Gasteiger partial charge in [-0.15, -0.1) is 0 Å². The number of aliphatic imine (C=N–C) groups is 1. The van der Waals surface area contributed by atoms with E-state index in [2.05, 4.69) is 4.99 Å². The van der Waals surface area contributed by atoms with Gasteiger partial charge in [0.05, 0.1) is 7.59 Å². The maximum absolute atomic E-state index is 12.4. The number of imide groups is 1. The van der Waals surface area contributed by atoms with E-state index in [9.17, 15) is 14.0 Å². The van der Waals surface area contributed by atoms with Crippen LogP contribution >= 0.6 is 0 Å². The predicted molar refractivity (Wildman–Crippen MR) is 26.9 cm³/mol. The number of carbonyl (C=O) groups excluding carboxylic acids is 2. The molecule has 1 unspecified atom stereocenters. The van der Waals surface area contributed by atoms with E-state index in [-0.39, 0.29) is 0 Å². The van der Waals surface area contributed by atoms with Gasteiger partial charge in [-0.05, 0) is 0 Å². The van der Waals surface area contributed by atoms with Crippen LogP contribution in [0.1, 0.15) is 1.37 Å². The van der Waals surface area contributed by atoms with Crippen LogP contribution in [0, 0.1) is 0 Å². The number of urea groups is 1. The summed E-state index contributed by atoms with van der Waals surface area (Å²) in [5.41, 5.74) is 0. The van der Waals surface area contributed by atoms with Crippen LogP contribution in [-0.2, 0) is 4.79 Å². The van der Waals surface area contributed by atoms with E-state index in [1.165, 1.54) is 5.32 Å². The summed E-state index contributed by atoms with van der Waals surface area (Å²) >= 11 is 0. The topological polar surface area (TPSA) is 58.5 Å². The molecule has 0 saturated carbocycles. The van der Waals surface area contributed by atoms with Crippen molar-refractivity contribution in [1.29, 1.82) is 0 Å². The van der Waals surface area contributed by atoms with E-state index in [0.29, 0.717) is 6.21 Å². The molecule has 1 rings (SSSR count). The van der Waals surface area contributed by atoms with Gasteiger partial charge >= 0.3 is 6.03 Å². The second kappa shape index (κ2) is 1.93. The molecular weight excluding hydrogens is 127 g/mol. The first kappa shape index (κ1) is 4.60. The van der Waals surface area contributed by atoms with Crippen molar-refractivity contribution in [3.05, 3.63) is 0 Å². The number of alkyl halides is 1. The molecule has 1 N–H and O–H groups in total. The Labute approximate surface area is 51.2 Å². The molecule has 0 spiro atoms. The van der Waals surface area contributed by atoms with E-state index in [4.69, 9.17) is 1.37 Å². The highest BCUT2D eigenvalue weighted by molar-refractivity contribution is 6.11. The largest absolute Gasteiger partial charge is 0.347 e. The molecule has 1 aliphatic rings. The van der Waals surface area contributed by atoms with Crippen molar-refractivity contribution >= 4 is 18.2 Å². The van der Waals surface area contributed by atoms with Crippen molar-refractivity contribution < 1.29 is 15.4 Å². The van der Waals surface area contributed by atoms with Gasteiger partial charge in [0.25, 0.3) is 5.91 Å². The fourth-order valence-corrected chi connectivity index (χ4v) is 0.363. The van der Waals surface area contributed by atoms with Gasteiger partial charge in [0.1, 0.15) is 0 Å². The molecule has 0 fully saturated rings. The summed E-state index contributed by atoms with van der Waals surface area (Å²) < 4.78 is 18.9. The quantitative estimate of drug-likeness (QED) is 0.489. The summed E-state index contributed by atoms with van der Waals surface area (Å²) in [5.74, 6) is -1.30. The third-order valence-corrected chi connectivity index (χ3v) is 0.733. The molecule has 9 heavy (non-hydrogen) atoms. The molecule has 1 aliphatic heterocycles. The number of halogens is 1. The van der Waals surface area contributed by atoms with Crippen molar-refractivity contribution in [1.82, 2.24) is 5.32 Å². The standard InChI is InChI=1S/C4H3FN2O2/c5-2-1-6-4(9)7-3(2)8/h1-2H,(H,7,8,9)/i2T. The Bertz CT molecular complexity index is 225. The second-order valence-electron chi connectivity index (χ2n) is 1.37. The molecule has 48 valence electrons. The molecule has 5 heteroatoms. The fraction of sp³-hybridized carbons (Fsp3) is 0.250. The summed E-state index contributed by atoms with van der Waals surface area (Å²) in [6.07, 6.45) is -2.54. The molecule has 0 radical (unpaired) electrons. The molecule has 1 atom stereocenters. The summed E-state index contributed by atoms with van der Waals surface area (Å²) in [6, 6.07) is -0.939. The zero-order chi connectivity index (χ0) is 7.78. The molecule has 0 aliphatic carbocycles. The highest BCUT2D eigenvalue weighted by Gasteiger charge is 2.21. The maximum Gasteiger partial charge on any atom is 0.347 e. The van der Waals surface area contributed by atoms with Crippen LogP contribution in [0.4, 0.5) is 9.18 Å². The zero-order valence-electron chi connectivity index (χ0n) is 5.22. The number of hydrogen-bond acceptors (Lipinski definition) is 2. The number of carbonyl (C=O) groups is 2. The Hall–Kier alpha value is -1.26. The minimum absolute atomic E-state index is 0.355. The van der Waals surface area contributed by atoms with Crippen LogP contribution in [0.15, 0.2) is 4.99 Å². The number of nitrogens with one attached hydrogen (secondary N) is 1. The van der Waals surface area contributed by atoms with Gasteiger partial charge in [-0.25, -0.2) is 14.2 Å². The zero-order valence-corrected chi connectivity index (χ0v) is 4.22. The molecule has 0 aromatic carbocycles. The Morgan fingerprint density at radius 2 is 2.56 bits per heavy atom. The molecule has 0 saturated heterocycles. The summed E-state index contributed by atoms with van der Waals surface area (Å²) in [5, 5.41) is 1.53. The van der Waals surface area contributed by atoms with Gasteiger partial charge in [-0.3, -0.25) is 10.1 Å². The van der Waals surface area contributed by atoms with E-state index in [0.717, 1.165) is 0 Å². The van der Waals surface area contributed by atoms with Crippen LogP contribution in [0.3, 0.4) is 0 Å². The van der Waals surface area contributed by atoms with Crippen molar-refractivity contribution in [3.8, 4) is 0 Å². The van der Waals surface area contributed by atoms with Crippen molar-refractivity contribution in [2.45, 2.75) is 6.15 Å². The fourth-order valence-electron chi connectivity index (χ4n) is 0.363. The van der Waals surface area contributed by atoms with Crippen molar-refractivity contribution in [2.24, 2.45) is 4.99 Å². The first-order valence-corrected chi connectivity index (χ1v) is 2.12. The van der Waals surface area contributed by atoms with E-state index >= 15 is 0 Å². The number of hydrogen-bond donors (Lipinski definition) is 1. The second-order valence-corrected chi connectivity index (χ2v) is 1.37.